The summed E-state index contributed by atoms with van der Waals surface area (Å²) in [6, 6.07) is 5.94. The summed E-state index contributed by atoms with van der Waals surface area (Å²) < 4.78 is 25.3. The van der Waals surface area contributed by atoms with Crippen LogP contribution in [0.2, 0.25) is 5.02 Å². The minimum Gasteiger partial charge on any atom is -0.381 e. The second-order valence-electron chi connectivity index (χ2n) is 11.0. The first kappa shape index (κ1) is 24.3. The molecule has 4 atom stereocenters. The number of hydrogen-bond donors (Lipinski definition) is 1. The molecule has 4 fully saturated rings. The van der Waals surface area contributed by atoms with Gasteiger partial charge in [-0.15, -0.1) is 0 Å². The highest BCUT2D eigenvalue weighted by Crippen LogP contribution is 2.48. The largest absolute Gasteiger partial charge is 0.381 e. The molecule has 4 aliphatic rings. The summed E-state index contributed by atoms with van der Waals surface area (Å²) in [6.07, 6.45) is 3.88. The summed E-state index contributed by atoms with van der Waals surface area (Å²) >= 11 is 6.67. The Morgan fingerprint density at radius 1 is 1.14 bits per heavy atom. The summed E-state index contributed by atoms with van der Waals surface area (Å²) in [5.74, 6) is 1.80. The van der Waals surface area contributed by atoms with Crippen molar-refractivity contribution in [2.75, 3.05) is 62.8 Å². The van der Waals surface area contributed by atoms with Gasteiger partial charge in [0.15, 0.2) is 0 Å². The highest BCUT2D eigenvalue weighted by Gasteiger charge is 2.48. The van der Waals surface area contributed by atoms with Crippen molar-refractivity contribution in [3.8, 4) is 0 Å². The van der Waals surface area contributed by atoms with Gasteiger partial charge in [0.25, 0.3) is 0 Å². The first-order valence-electron chi connectivity index (χ1n) is 13.1. The van der Waals surface area contributed by atoms with Gasteiger partial charge in [0.2, 0.25) is 5.91 Å². The van der Waals surface area contributed by atoms with E-state index in [9.17, 15) is 9.18 Å². The molecule has 1 unspecified atom stereocenters. The minimum atomic E-state index is -0.961. The lowest BCUT2D eigenvalue weighted by Crippen LogP contribution is -2.59. The van der Waals surface area contributed by atoms with Gasteiger partial charge in [0.1, 0.15) is 12.0 Å². The number of nitrogens with zero attached hydrogens (tertiary/aromatic N) is 3. The number of alkyl halides is 1. The Balaban J connectivity index is 1.13. The van der Waals surface area contributed by atoms with Gasteiger partial charge < -0.3 is 19.7 Å². The van der Waals surface area contributed by atoms with E-state index in [1.807, 2.05) is 19.1 Å². The van der Waals surface area contributed by atoms with Gasteiger partial charge in [-0.3, -0.25) is 9.69 Å². The Morgan fingerprint density at radius 3 is 2.64 bits per heavy atom. The Hall–Kier alpha value is -2.00. The number of benzene rings is 1. The SMILES string of the molecule is C[C@@]1(N2CCN(c3cc4cc(NC(=O)[C@@H]5CC5C5CCOCC5)ncc4cc3Cl)CC2)COC[C@@H]1F. The van der Waals surface area contributed by atoms with Crippen LogP contribution in [0.1, 0.15) is 26.2 Å². The fourth-order valence-corrected chi connectivity index (χ4v) is 6.54. The van der Waals surface area contributed by atoms with E-state index in [1.54, 1.807) is 6.20 Å². The van der Waals surface area contributed by atoms with Gasteiger partial charge >= 0.3 is 0 Å². The molecule has 2 aromatic rings. The maximum atomic E-state index is 14.5. The van der Waals surface area contributed by atoms with E-state index in [1.165, 1.54) is 0 Å². The average Bonchev–Trinajstić information content (AvgIpc) is 3.63. The van der Waals surface area contributed by atoms with Crippen molar-refractivity contribution < 1.29 is 18.7 Å². The number of fused-ring (bicyclic) bond motifs is 1. The topological polar surface area (TPSA) is 66.9 Å². The molecule has 1 aliphatic carbocycles. The first-order chi connectivity index (χ1) is 17.4. The molecule has 1 amide bonds. The number of nitrogens with one attached hydrogen (secondary N) is 1. The molecular weight excluding hydrogens is 483 g/mol. The molecule has 3 saturated heterocycles. The molecule has 1 aromatic carbocycles. The van der Waals surface area contributed by atoms with Crippen LogP contribution in [0, 0.1) is 17.8 Å². The Kier molecular flexibility index (Phi) is 6.56. The highest BCUT2D eigenvalue weighted by molar-refractivity contribution is 6.34. The van der Waals surface area contributed by atoms with Crippen LogP contribution in [0.15, 0.2) is 24.4 Å². The lowest BCUT2D eigenvalue weighted by atomic mass is 9.93. The molecule has 7 nitrogen and oxygen atoms in total. The number of carbonyl (C=O) groups excluding carboxylic acids is 1. The summed E-state index contributed by atoms with van der Waals surface area (Å²) in [6.45, 7) is 7.22. The predicted molar refractivity (Wildman–Crippen MR) is 138 cm³/mol. The number of pyridine rings is 1. The molecule has 1 saturated carbocycles. The predicted octanol–water partition coefficient (Wildman–Crippen LogP) is 4.14. The maximum Gasteiger partial charge on any atom is 0.228 e. The highest BCUT2D eigenvalue weighted by atomic mass is 35.5. The van der Waals surface area contributed by atoms with Gasteiger partial charge in [0.05, 0.1) is 29.5 Å². The van der Waals surface area contributed by atoms with Crippen molar-refractivity contribution in [2.24, 2.45) is 17.8 Å². The van der Waals surface area contributed by atoms with Crippen molar-refractivity contribution in [3.05, 3.63) is 29.4 Å². The number of hydrogen-bond acceptors (Lipinski definition) is 6. The van der Waals surface area contributed by atoms with Crippen LogP contribution >= 0.6 is 11.6 Å². The number of anilines is 2. The average molecular weight is 517 g/mol. The van der Waals surface area contributed by atoms with Crippen molar-refractivity contribution in [1.82, 2.24) is 9.88 Å². The number of ether oxygens (including phenoxy) is 2. The molecular formula is C27H34ClFN4O3. The van der Waals surface area contributed by atoms with Crippen LogP contribution in [-0.4, -0.2) is 80.1 Å². The molecule has 1 N–H and O–H groups in total. The van der Waals surface area contributed by atoms with Crippen LogP contribution in [0.4, 0.5) is 15.9 Å². The number of piperazine rings is 1. The van der Waals surface area contributed by atoms with Crippen molar-refractivity contribution in [3.63, 3.8) is 0 Å². The Morgan fingerprint density at radius 2 is 1.92 bits per heavy atom. The third-order valence-electron chi connectivity index (χ3n) is 8.76. The third kappa shape index (κ3) is 4.57. The molecule has 9 heteroatoms. The zero-order valence-electron chi connectivity index (χ0n) is 20.7. The van der Waals surface area contributed by atoms with Gasteiger partial charge in [-0.25, -0.2) is 9.37 Å². The Labute approximate surface area is 216 Å². The molecule has 194 valence electrons. The number of amides is 1. The number of halogens is 2. The number of aromatic nitrogens is 1. The van der Waals surface area contributed by atoms with E-state index in [2.05, 4.69) is 26.2 Å². The zero-order chi connectivity index (χ0) is 24.9. The first-order valence-corrected chi connectivity index (χ1v) is 13.5. The van der Waals surface area contributed by atoms with Gasteiger partial charge in [-0.1, -0.05) is 11.6 Å². The van der Waals surface area contributed by atoms with Crippen molar-refractivity contribution >= 4 is 39.8 Å². The second kappa shape index (κ2) is 9.71. The van der Waals surface area contributed by atoms with Crippen molar-refractivity contribution in [1.29, 1.82) is 0 Å². The third-order valence-corrected chi connectivity index (χ3v) is 9.07. The van der Waals surface area contributed by atoms with Gasteiger partial charge in [-0.05, 0) is 61.6 Å². The molecule has 4 heterocycles. The lowest BCUT2D eigenvalue weighted by Gasteiger charge is -2.44. The summed E-state index contributed by atoms with van der Waals surface area (Å²) in [7, 11) is 0. The summed E-state index contributed by atoms with van der Waals surface area (Å²) in [5, 5.41) is 5.63. The number of carbonyl (C=O) groups is 1. The van der Waals surface area contributed by atoms with E-state index in [4.69, 9.17) is 21.1 Å². The molecule has 0 spiro atoms. The van der Waals surface area contributed by atoms with Crippen LogP contribution in [0.25, 0.3) is 10.8 Å². The zero-order valence-corrected chi connectivity index (χ0v) is 21.5. The van der Waals surface area contributed by atoms with E-state index < -0.39 is 11.7 Å². The normalized spacial score (nSPS) is 31.6. The molecule has 3 aliphatic heterocycles. The minimum absolute atomic E-state index is 0.0687. The molecule has 36 heavy (non-hydrogen) atoms. The van der Waals surface area contributed by atoms with E-state index >= 15 is 0 Å². The lowest BCUT2D eigenvalue weighted by molar-refractivity contribution is -0.117. The van der Waals surface area contributed by atoms with Crippen LogP contribution in [0.5, 0.6) is 0 Å². The van der Waals surface area contributed by atoms with Gasteiger partial charge in [-0.2, -0.15) is 0 Å². The van der Waals surface area contributed by atoms with E-state index in [0.717, 1.165) is 75.1 Å². The fraction of sp³-hybridized carbons (Fsp3) is 0.630. The Bertz CT molecular complexity index is 1140. The molecule has 6 rings (SSSR count). The van der Waals surface area contributed by atoms with Crippen LogP contribution in [0.3, 0.4) is 0 Å². The van der Waals surface area contributed by atoms with Gasteiger partial charge in [0, 0.05) is 56.9 Å². The van der Waals surface area contributed by atoms with Crippen LogP contribution in [-0.2, 0) is 14.3 Å². The molecule has 1 aromatic heterocycles. The smallest absolute Gasteiger partial charge is 0.228 e. The molecule has 0 bridgehead atoms. The maximum absolute atomic E-state index is 14.5. The fourth-order valence-electron chi connectivity index (χ4n) is 6.25. The van der Waals surface area contributed by atoms with E-state index in [0.29, 0.717) is 29.3 Å². The standard InChI is InChI=1S/C27H34ClFN4O3/c1-27(16-36-15-24(27)29)33-6-4-32(5-7-33)23-11-18-12-25(30-14-19(18)10-22(23)28)31-26(34)21-13-20(21)17-2-8-35-9-3-17/h10-12,14,17,20-21,24H,2-9,13,15-16H2,1H3,(H,30,31,34)/t20?,21-,24+,27-/m1/s1. The quantitative estimate of drug-likeness (QED) is 0.644. The van der Waals surface area contributed by atoms with Crippen molar-refractivity contribution in [2.45, 2.75) is 37.9 Å². The molecule has 0 radical (unpaired) electrons. The summed E-state index contributed by atoms with van der Waals surface area (Å²) in [5.41, 5.74) is 0.405. The number of rotatable bonds is 5. The van der Waals surface area contributed by atoms with E-state index in [-0.39, 0.29) is 18.4 Å². The second-order valence-corrected chi connectivity index (χ2v) is 11.4. The summed E-state index contributed by atoms with van der Waals surface area (Å²) in [4.78, 5) is 21.8. The van der Waals surface area contributed by atoms with Crippen LogP contribution < -0.4 is 10.2 Å². The monoisotopic (exact) mass is 516 g/mol.